The Morgan fingerprint density at radius 2 is 1.52 bits per heavy atom. The van der Waals surface area contributed by atoms with E-state index in [-0.39, 0.29) is 5.91 Å². The fraction of sp³-hybridized carbons (Fsp3) is 0.278. The van der Waals surface area contributed by atoms with Crippen molar-refractivity contribution in [3.05, 3.63) is 64.7 Å². The van der Waals surface area contributed by atoms with Crippen LogP contribution in [0.3, 0.4) is 0 Å². The van der Waals surface area contributed by atoms with Gasteiger partial charge in [0.2, 0.25) is 5.91 Å². The van der Waals surface area contributed by atoms with Crippen molar-refractivity contribution >= 4 is 11.6 Å². The van der Waals surface area contributed by atoms with Crippen LogP contribution in [-0.2, 0) is 17.8 Å². The summed E-state index contributed by atoms with van der Waals surface area (Å²) in [5, 5.41) is 0. The van der Waals surface area contributed by atoms with Crippen LogP contribution in [0.1, 0.15) is 22.3 Å². The molecule has 110 valence electrons. The molecule has 2 N–H and O–H groups in total. The molecular weight excluding hydrogens is 260 g/mol. The van der Waals surface area contributed by atoms with Gasteiger partial charge < -0.3 is 10.6 Å². The van der Waals surface area contributed by atoms with Gasteiger partial charge >= 0.3 is 0 Å². The molecule has 3 nitrogen and oxygen atoms in total. The van der Waals surface area contributed by atoms with Gasteiger partial charge in [-0.15, -0.1) is 0 Å². The van der Waals surface area contributed by atoms with Gasteiger partial charge in [-0.05, 0) is 48.2 Å². The maximum Gasteiger partial charge on any atom is 0.231 e. The zero-order chi connectivity index (χ0) is 15.4. The summed E-state index contributed by atoms with van der Waals surface area (Å²) in [4.78, 5) is 14.1. The zero-order valence-electron chi connectivity index (χ0n) is 12.9. The Hall–Kier alpha value is -2.13. The predicted octanol–water partition coefficient (Wildman–Crippen LogP) is 2.97. The van der Waals surface area contributed by atoms with E-state index in [0.717, 1.165) is 27.9 Å². The van der Waals surface area contributed by atoms with Gasteiger partial charge in [0.15, 0.2) is 0 Å². The third-order valence-electron chi connectivity index (χ3n) is 3.58. The van der Waals surface area contributed by atoms with E-state index in [1.807, 2.05) is 57.3 Å². The molecule has 0 spiro atoms. The molecule has 0 heterocycles. The van der Waals surface area contributed by atoms with E-state index in [1.54, 1.807) is 4.90 Å². The molecule has 0 bridgehead atoms. The second kappa shape index (κ2) is 6.55. The molecule has 1 amide bonds. The van der Waals surface area contributed by atoms with Crippen LogP contribution in [-0.4, -0.2) is 13.0 Å². The fourth-order valence-electron chi connectivity index (χ4n) is 2.37. The quantitative estimate of drug-likeness (QED) is 0.937. The first-order valence-electron chi connectivity index (χ1n) is 7.12. The number of rotatable bonds is 4. The zero-order valence-corrected chi connectivity index (χ0v) is 12.9. The number of anilines is 1. The number of carbonyl (C=O) groups is 1. The summed E-state index contributed by atoms with van der Waals surface area (Å²) < 4.78 is 0. The van der Waals surface area contributed by atoms with Crippen LogP contribution in [0.5, 0.6) is 0 Å². The number of amides is 1. The fourth-order valence-corrected chi connectivity index (χ4v) is 2.37. The van der Waals surface area contributed by atoms with E-state index < -0.39 is 0 Å². The maximum absolute atomic E-state index is 12.4. The van der Waals surface area contributed by atoms with Crippen molar-refractivity contribution in [2.24, 2.45) is 5.73 Å². The van der Waals surface area contributed by atoms with Crippen molar-refractivity contribution in [2.75, 3.05) is 11.9 Å². The average Bonchev–Trinajstić information content (AvgIpc) is 2.46. The van der Waals surface area contributed by atoms with Gasteiger partial charge in [0.05, 0.1) is 6.42 Å². The molecule has 0 fully saturated rings. The first kappa shape index (κ1) is 15.3. The lowest BCUT2D eigenvalue weighted by Gasteiger charge is -2.19. The minimum absolute atomic E-state index is 0.0838. The number of hydrogen-bond donors (Lipinski definition) is 1. The minimum atomic E-state index is 0.0838. The largest absolute Gasteiger partial charge is 0.326 e. The SMILES string of the molecule is Cc1cc(C)cc(N(C)C(=O)Cc2ccc(CN)cc2)c1. The third-order valence-corrected chi connectivity index (χ3v) is 3.58. The van der Waals surface area contributed by atoms with Crippen LogP contribution >= 0.6 is 0 Å². The van der Waals surface area contributed by atoms with E-state index in [2.05, 4.69) is 6.07 Å². The Bertz CT molecular complexity index is 612. The molecule has 2 aromatic carbocycles. The van der Waals surface area contributed by atoms with Crippen LogP contribution in [0.25, 0.3) is 0 Å². The molecule has 2 aromatic rings. The van der Waals surface area contributed by atoms with Gasteiger partial charge in [-0.3, -0.25) is 4.79 Å². The molecule has 0 aliphatic rings. The van der Waals surface area contributed by atoms with Crippen molar-refractivity contribution < 1.29 is 4.79 Å². The molecular formula is C18H22N2O. The van der Waals surface area contributed by atoms with Crippen LogP contribution in [0, 0.1) is 13.8 Å². The number of aryl methyl sites for hydroxylation is 2. The molecule has 3 heteroatoms. The lowest BCUT2D eigenvalue weighted by Crippen LogP contribution is -2.28. The lowest BCUT2D eigenvalue weighted by molar-refractivity contribution is -0.117. The molecule has 21 heavy (non-hydrogen) atoms. The molecule has 0 unspecified atom stereocenters. The molecule has 0 atom stereocenters. The van der Waals surface area contributed by atoms with E-state index in [4.69, 9.17) is 5.73 Å². The lowest BCUT2D eigenvalue weighted by atomic mass is 10.1. The van der Waals surface area contributed by atoms with E-state index in [0.29, 0.717) is 13.0 Å². The van der Waals surface area contributed by atoms with Gasteiger partial charge in [-0.2, -0.15) is 0 Å². The van der Waals surface area contributed by atoms with Gasteiger partial charge in [0.1, 0.15) is 0 Å². The smallest absolute Gasteiger partial charge is 0.231 e. The van der Waals surface area contributed by atoms with Crippen molar-refractivity contribution in [2.45, 2.75) is 26.8 Å². The number of nitrogens with two attached hydrogens (primary N) is 1. The van der Waals surface area contributed by atoms with Gasteiger partial charge in [0, 0.05) is 19.3 Å². The molecule has 0 aromatic heterocycles. The second-order valence-electron chi connectivity index (χ2n) is 5.50. The van der Waals surface area contributed by atoms with Crippen molar-refractivity contribution in [3.8, 4) is 0 Å². The highest BCUT2D eigenvalue weighted by molar-refractivity contribution is 5.94. The van der Waals surface area contributed by atoms with E-state index in [9.17, 15) is 4.79 Å². The summed E-state index contributed by atoms with van der Waals surface area (Å²) in [6.07, 6.45) is 0.397. The molecule has 2 rings (SSSR count). The van der Waals surface area contributed by atoms with Gasteiger partial charge in [0.25, 0.3) is 0 Å². The standard InChI is InChI=1S/C18H22N2O/c1-13-8-14(2)10-17(9-13)20(3)18(21)11-15-4-6-16(12-19)7-5-15/h4-10H,11-12,19H2,1-3H3. The summed E-state index contributed by atoms with van der Waals surface area (Å²) in [5.41, 5.74) is 10.9. The van der Waals surface area contributed by atoms with Crippen LogP contribution in [0.2, 0.25) is 0 Å². The van der Waals surface area contributed by atoms with E-state index in [1.165, 1.54) is 0 Å². The summed E-state index contributed by atoms with van der Waals surface area (Å²) in [7, 11) is 1.82. The Balaban J connectivity index is 2.11. The van der Waals surface area contributed by atoms with Crippen LogP contribution in [0.4, 0.5) is 5.69 Å². The Kier molecular flexibility index (Phi) is 4.76. The van der Waals surface area contributed by atoms with Gasteiger partial charge in [-0.1, -0.05) is 30.3 Å². The monoisotopic (exact) mass is 282 g/mol. The van der Waals surface area contributed by atoms with Crippen molar-refractivity contribution in [1.82, 2.24) is 0 Å². The highest BCUT2D eigenvalue weighted by atomic mass is 16.2. The second-order valence-corrected chi connectivity index (χ2v) is 5.50. The number of likely N-dealkylation sites (N-methyl/N-ethyl adjacent to an activating group) is 1. The highest BCUT2D eigenvalue weighted by Gasteiger charge is 2.12. The highest BCUT2D eigenvalue weighted by Crippen LogP contribution is 2.18. The van der Waals surface area contributed by atoms with Crippen LogP contribution in [0.15, 0.2) is 42.5 Å². The van der Waals surface area contributed by atoms with E-state index >= 15 is 0 Å². The predicted molar refractivity (Wildman–Crippen MR) is 87.4 cm³/mol. The summed E-state index contributed by atoms with van der Waals surface area (Å²) in [6, 6.07) is 14.0. The minimum Gasteiger partial charge on any atom is -0.326 e. The Labute approximate surface area is 126 Å². The third kappa shape index (κ3) is 3.92. The topological polar surface area (TPSA) is 46.3 Å². The molecule has 0 radical (unpaired) electrons. The summed E-state index contributed by atoms with van der Waals surface area (Å²) in [6.45, 7) is 4.61. The summed E-state index contributed by atoms with van der Waals surface area (Å²) in [5.74, 6) is 0.0838. The number of carbonyl (C=O) groups excluding carboxylic acids is 1. The Morgan fingerprint density at radius 3 is 2.05 bits per heavy atom. The molecule has 0 aliphatic heterocycles. The normalized spacial score (nSPS) is 10.5. The maximum atomic E-state index is 12.4. The first-order chi connectivity index (χ1) is 9.99. The molecule has 0 saturated heterocycles. The number of hydrogen-bond acceptors (Lipinski definition) is 2. The average molecular weight is 282 g/mol. The van der Waals surface area contributed by atoms with Crippen LogP contribution < -0.4 is 10.6 Å². The van der Waals surface area contributed by atoms with Crippen molar-refractivity contribution in [3.63, 3.8) is 0 Å². The molecule has 0 aliphatic carbocycles. The number of nitrogens with zero attached hydrogens (tertiary/aromatic N) is 1. The molecule has 0 saturated carbocycles. The van der Waals surface area contributed by atoms with Gasteiger partial charge in [-0.25, -0.2) is 0 Å². The Morgan fingerprint density at radius 1 is 1.00 bits per heavy atom. The first-order valence-corrected chi connectivity index (χ1v) is 7.12. The summed E-state index contributed by atoms with van der Waals surface area (Å²) >= 11 is 0. The van der Waals surface area contributed by atoms with Crippen molar-refractivity contribution in [1.29, 1.82) is 0 Å². The number of benzene rings is 2.